The van der Waals surface area contributed by atoms with Gasteiger partial charge in [-0.3, -0.25) is 10.2 Å². The van der Waals surface area contributed by atoms with Crippen LogP contribution in [0.3, 0.4) is 0 Å². The number of nitrogen functional groups attached to an aromatic ring is 1. The van der Waals surface area contributed by atoms with Crippen LogP contribution in [-0.4, -0.2) is 12.5 Å². The summed E-state index contributed by atoms with van der Waals surface area (Å²) >= 11 is 0. The van der Waals surface area contributed by atoms with Crippen LogP contribution in [0.5, 0.6) is 0 Å². The van der Waals surface area contributed by atoms with Crippen molar-refractivity contribution in [1.29, 1.82) is 0 Å². The molecule has 1 aromatic rings. The van der Waals surface area contributed by atoms with Gasteiger partial charge in [0, 0.05) is 0 Å². The first kappa shape index (κ1) is 12.5. The molecule has 0 saturated carbocycles. The first-order valence-electron chi connectivity index (χ1n) is 4.95. The molecule has 16 heavy (non-hydrogen) atoms. The number of amides is 1. The molecule has 1 rings (SSSR count). The van der Waals surface area contributed by atoms with Crippen LogP contribution in [0.4, 0.5) is 0 Å². The van der Waals surface area contributed by atoms with Gasteiger partial charge in [-0.1, -0.05) is 5.57 Å². The summed E-state index contributed by atoms with van der Waals surface area (Å²) in [6, 6.07) is 3.24. The van der Waals surface area contributed by atoms with E-state index < -0.39 is 5.91 Å². The van der Waals surface area contributed by atoms with Gasteiger partial charge >= 0.3 is 5.91 Å². The van der Waals surface area contributed by atoms with Crippen LogP contribution in [-0.2, 0) is 11.3 Å². The molecule has 1 amide bonds. The first-order chi connectivity index (χ1) is 7.63. The van der Waals surface area contributed by atoms with Crippen molar-refractivity contribution in [3.63, 3.8) is 0 Å². The normalized spacial score (nSPS) is 10.1. The first-order valence-corrected chi connectivity index (χ1v) is 4.95. The number of nitrogens with two attached hydrogens (primary N) is 1. The summed E-state index contributed by atoms with van der Waals surface area (Å²) in [7, 11) is 0. The van der Waals surface area contributed by atoms with E-state index in [0.29, 0.717) is 19.0 Å². The molecule has 0 saturated heterocycles. The predicted octanol–water partition coefficient (Wildman–Crippen LogP) is 1.37. The van der Waals surface area contributed by atoms with Gasteiger partial charge in [0.2, 0.25) is 0 Å². The van der Waals surface area contributed by atoms with E-state index in [2.05, 4.69) is 6.58 Å². The quantitative estimate of drug-likeness (QED) is 0.251. The fourth-order valence-electron chi connectivity index (χ4n) is 1.07. The maximum Gasteiger partial charge on any atom is 0.300 e. The van der Waals surface area contributed by atoms with Crippen LogP contribution in [0, 0.1) is 0 Å². The van der Waals surface area contributed by atoms with Gasteiger partial charge in [0.25, 0.3) is 0 Å². The van der Waals surface area contributed by atoms with Crippen molar-refractivity contribution in [2.24, 2.45) is 5.84 Å². The lowest BCUT2D eigenvalue weighted by Crippen LogP contribution is -2.29. The second kappa shape index (κ2) is 6.09. The lowest BCUT2D eigenvalue weighted by Gasteiger charge is -2.01. The molecule has 0 fully saturated rings. The zero-order chi connectivity index (χ0) is 12.0. The third kappa shape index (κ3) is 3.88. The lowest BCUT2D eigenvalue weighted by molar-refractivity contribution is 0.0898. The van der Waals surface area contributed by atoms with E-state index in [1.807, 2.05) is 12.3 Å². The fourth-order valence-corrected chi connectivity index (χ4v) is 1.07. The number of nitrogens with one attached hydrogen (secondary N) is 1. The summed E-state index contributed by atoms with van der Waals surface area (Å²) in [5.74, 6) is 5.30. The molecule has 0 bridgehead atoms. The minimum Gasteiger partial charge on any atom is -0.453 e. The van der Waals surface area contributed by atoms with Crippen molar-refractivity contribution < 1.29 is 13.9 Å². The highest BCUT2D eigenvalue weighted by Crippen LogP contribution is 2.09. The van der Waals surface area contributed by atoms with Gasteiger partial charge in [-0.15, -0.1) is 6.58 Å². The average Bonchev–Trinajstić information content (AvgIpc) is 2.71. The zero-order valence-electron chi connectivity index (χ0n) is 9.29. The highest BCUT2D eigenvalue weighted by molar-refractivity contribution is 5.90. The molecule has 1 heterocycles. The highest BCUT2D eigenvalue weighted by Gasteiger charge is 2.08. The number of hydrogen-bond donors (Lipinski definition) is 2. The molecular formula is C11H16N2O3. The van der Waals surface area contributed by atoms with E-state index in [4.69, 9.17) is 15.0 Å². The topological polar surface area (TPSA) is 77.5 Å². The number of ether oxygens (including phenoxy) is 1. The Hall–Kier alpha value is -1.59. The molecule has 0 aliphatic rings. The largest absolute Gasteiger partial charge is 0.453 e. The van der Waals surface area contributed by atoms with Crippen LogP contribution in [0.25, 0.3) is 0 Å². The van der Waals surface area contributed by atoms with Crippen LogP contribution in [0.1, 0.15) is 29.7 Å². The molecule has 88 valence electrons. The van der Waals surface area contributed by atoms with Gasteiger partial charge in [-0.05, 0) is 25.5 Å². The summed E-state index contributed by atoms with van der Waals surface area (Å²) in [6.07, 6.45) is 0.816. The Kier molecular flexibility index (Phi) is 4.75. The highest BCUT2D eigenvalue weighted by atomic mass is 16.5. The van der Waals surface area contributed by atoms with Gasteiger partial charge < -0.3 is 9.15 Å². The Morgan fingerprint density at radius 3 is 3.00 bits per heavy atom. The minimum atomic E-state index is -0.451. The molecule has 0 aromatic carbocycles. The molecule has 0 spiro atoms. The Morgan fingerprint density at radius 1 is 1.62 bits per heavy atom. The lowest BCUT2D eigenvalue weighted by atomic mass is 10.3. The Morgan fingerprint density at radius 2 is 2.38 bits per heavy atom. The standard InChI is InChI=1S/C11H16N2O3/c1-8(2)5-6-15-7-9-3-4-10(16-9)11(14)13-12/h3-4H,1,5-7,12H2,2H3,(H,13,14). The van der Waals surface area contributed by atoms with Gasteiger partial charge in [0.05, 0.1) is 6.61 Å². The molecule has 0 radical (unpaired) electrons. The van der Waals surface area contributed by atoms with E-state index in [9.17, 15) is 4.79 Å². The third-order valence-corrected chi connectivity index (χ3v) is 1.93. The van der Waals surface area contributed by atoms with E-state index in [-0.39, 0.29) is 5.76 Å². The van der Waals surface area contributed by atoms with Crippen LogP contribution in [0.15, 0.2) is 28.7 Å². The molecule has 0 aliphatic heterocycles. The Bertz CT molecular complexity index is 371. The number of carbonyl (C=O) groups is 1. The molecule has 0 atom stereocenters. The minimum absolute atomic E-state index is 0.181. The SMILES string of the molecule is C=C(C)CCOCc1ccc(C(=O)NN)o1. The fraction of sp³-hybridized carbons (Fsp3) is 0.364. The average molecular weight is 224 g/mol. The summed E-state index contributed by atoms with van der Waals surface area (Å²) in [5, 5.41) is 0. The summed E-state index contributed by atoms with van der Waals surface area (Å²) in [4.78, 5) is 11.1. The van der Waals surface area contributed by atoms with Gasteiger partial charge in [-0.2, -0.15) is 0 Å². The number of hydrazine groups is 1. The van der Waals surface area contributed by atoms with Crippen molar-refractivity contribution in [3.05, 3.63) is 35.8 Å². The van der Waals surface area contributed by atoms with Crippen molar-refractivity contribution in [1.82, 2.24) is 5.43 Å². The molecular weight excluding hydrogens is 208 g/mol. The van der Waals surface area contributed by atoms with Crippen molar-refractivity contribution >= 4 is 5.91 Å². The van der Waals surface area contributed by atoms with Crippen LogP contribution in [0.2, 0.25) is 0 Å². The van der Waals surface area contributed by atoms with Crippen LogP contribution >= 0.6 is 0 Å². The Balaban J connectivity index is 2.35. The second-order valence-corrected chi connectivity index (χ2v) is 3.50. The summed E-state index contributed by atoms with van der Waals surface area (Å²) < 4.78 is 10.5. The summed E-state index contributed by atoms with van der Waals surface area (Å²) in [5.41, 5.74) is 3.06. The Labute approximate surface area is 94.2 Å². The number of carbonyl (C=O) groups excluding carboxylic acids is 1. The third-order valence-electron chi connectivity index (χ3n) is 1.93. The maximum absolute atomic E-state index is 11.1. The van der Waals surface area contributed by atoms with E-state index in [1.165, 1.54) is 0 Å². The molecule has 1 aromatic heterocycles. The van der Waals surface area contributed by atoms with Crippen molar-refractivity contribution in [2.75, 3.05) is 6.61 Å². The second-order valence-electron chi connectivity index (χ2n) is 3.50. The van der Waals surface area contributed by atoms with Crippen molar-refractivity contribution in [2.45, 2.75) is 20.0 Å². The molecule has 0 unspecified atom stereocenters. The number of rotatable bonds is 6. The molecule has 5 nitrogen and oxygen atoms in total. The van der Waals surface area contributed by atoms with Gasteiger partial charge in [0.1, 0.15) is 12.4 Å². The van der Waals surface area contributed by atoms with E-state index in [0.717, 1.165) is 12.0 Å². The maximum atomic E-state index is 11.1. The zero-order valence-corrected chi connectivity index (χ0v) is 9.29. The number of furan rings is 1. The van der Waals surface area contributed by atoms with Gasteiger partial charge in [0.15, 0.2) is 5.76 Å². The smallest absolute Gasteiger partial charge is 0.300 e. The molecule has 0 aliphatic carbocycles. The predicted molar refractivity (Wildman–Crippen MR) is 59.4 cm³/mol. The van der Waals surface area contributed by atoms with Crippen LogP contribution < -0.4 is 11.3 Å². The monoisotopic (exact) mass is 224 g/mol. The van der Waals surface area contributed by atoms with Gasteiger partial charge in [-0.25, -0.2) is 5.84 Å². The van der Waals surface area contributed by atoms with Crippen molar-refractivity contribution in [3.8, 4) is 0 Å². The van der Waals surface area contributed by atoms with E-state index in [1.54, 1.807) is 12.1 Å². The number of hydrogen-bond acceptors (Lipinski definition) is 4. The van der Waals surface area contributed by atoms with E-state index >= 15 is 0 Å². The summed E-state index contributed by atoms with van der Waals surface area (Å²) in [6.45, 7) is 6.64. The molecule has 3 N–H and O–H groups in total. The molecule has 5 heteroatoms.